The van der Waals surface area contributed by atoms with E-state index in [1.807, 2.05) is 66.0 Å². The summed E-state index contributed by atoms with van der Waals surface area (Å²) in [6, 6.07) is 29.8. The first-order chi connectivity index (χ1) is 15.7. The number of aromatic nitrogens is 2. The number of hydrogen-bond acceptors (Lipinski definition) is 4. The average molecular weight is 458 g/mol. The van der Waals surface area contributed by atoms with Gasteiger partial charge in [-0.1, -0.05) is 35.9 Å². The van der Waals surface area contributed by atoms with Gasteiger partial charge in [-0.3, -0.25) is 0 Å². The van der Waals surface area contributed by atoms with Crippen molar-refractivity contribution in [3.05, 3.63) is 107 Å². The summed E-state index contributed by atoms with van der Waals surface area (Å²) in [5.74, 6) is 1.31. The Morgan fingerprint density at radius 3 is 2.41 bits per heavy atom. The fourth-order valence-electron chi connectivity index (χ4n) is 3.67. The molecular formula is C26H20ClN3OS. The number of halogens is 1. The Hall–Kier alpha value is -3.54. The summed E-state index contributed by atoms with van der Waals surface area (Å²) in [6.07, 6.45) is 0. The second-order valence-corrected chi connectivity index (χ2v) is 8.60. The van der Waals surface area contributed by atoms with Crippen molar-refractivity contribution in [3.63, 3.8) is 0 Å². The summed E-state index contributed by atoms with van der Waals surface area (Å²) in [4.78, 5) is 4.50. The smallest absolute Gasteiger partial charge is 0.180 e. The number of nitrogens with two attached hydrogens (primary N) is 1. The molecule has 0 spiro atoms. The van der Waals surface area contributed by atoms with E-state index in [4.69, 9.17) is 22.1 Å². The van der Waals surface area contributed by atoms with Gasteiger partial charge in [0, 0.05) is 16.3 Å². The van der Waals surface area contributed by atoms with Crippen LogP contribution in [-0.4, -0.2) is 9.55 Å². The van der Waals surface area contributed by atoms with E-state index in [-0.39, 0.29) is 0 Å². The molecule has 4 nitrogen and oxygen atoms in total. The number of nitrogens with zero attached hydrogens (tertiary/aromatic N) is 2. The van der Waals surface area contributed by atoms with Crippen LogP contribution in [0.15, 0.2) is 96.4 Å². The second kappa shape index (κ2) is 8.91. The predicted molar refractivity (Wildman–Crippen MR) is 132 cm³/mol. The zero-order chi connectivity index (χ0) is 21.9. The second-order valence-electron chi connectivity index (χ2n) is 7.28. The summed E-state index contributed by atoms with van der Waals surface area (Å²) in [6.45, 7) is 0.571. The zero-order valence-electron chi connectivity index (χ0n) is 17.1. The van der Waals surface area contributed by atoms with Gasteiger partial charge in [-0.2, -0.15) is 0 Å². The van der Waals surface area contributed by atoms with Gasteiger partial charge in [0.1, 0.15) is 11.6 Å². The Morgan fingerprint density at radius 2 is 1.66 bits per heavy atom. The van der Waals surface area contributed by atoms with Crippen molar-refractivity contribution < 1.29 is 4.74 Å². The van der Waals surface area contributed by atoms with Gasteiger partial charge >= 0.3 is 0 Å². The fourth-order valence-corrected chi connectivity index (χ4v) is 4.50. The Labute approximate surface area is 195 Å². The number of pyridine rings is 1. The number of nitrogen functional groups attached to an aromatic ring is 1. The lowest BCUT2D eigenvalue weighted by atomic mass is 10.1. The Morgan fingerprint density at radius 1 is 0.844 bits per heavy atom. The Kier molecular flexibility index (Phi) is 5.67. The van der Waals surface area contributed by atoms with Crippen molar-refractivity contribution in [2.24, 2.45) is 0 Å². The normalized spacial score (nSPS) is 10.9. The van der Waals surface area contributed by atoms with E-state index in [0.29, 0.717) is 17.4 Å². The van der Waals surface area contributed by atoms with Crippen LogP contribution in [0.5, 0.6) is 10.8 Å². The lowest BCUT2D eigenvalue weighted by Gasteiger charge is -2.15. The van der Waals surface area contributed by atoms with E-state index in [1.54, 1.807) is 17.4 Å². The highest BCUT2D eigenvalue weighted by Crippen LogP contribution is 2.35. The predicted octanol–water partition coefficient (Wildman–Crippen LogP) is 7.35. The summed E-state index contributed by atoms with van der Waals surface area (Å²) in [5, 5.41) is 3.57. The third-order valence-corrected chi connectivity index (χ3v) is 6.22. The first-order valence-corrected chi connectivity index (χ1v) is 11.4. The van der Waals surface area contributed by atoms with E-state index >= 15 is 0 Å². The highest BCUT2D eigenvalue weighted by atomic mass is 35.5. The van der Waals surface area contributed by atoms with Gasteiger partial charge in [0.25, 0.3) is 0 Å². The standard InChI is InChI=1S/C26H20ClN3OS/c27-22-7-2-1-6-21(22)24-15-14-23(30(24)17-19-5-3-8-25(28)29-19)18-10-12-20(13-11-18)31-26-9-4-16-32-26/h1-16H,17H2,(H2,28,29). The minimum Gasteiger partial charge on any atom is -0.447 e. The van der Waals surface area contributed by atoms with Crippen molar-refractivity contribution in [2.45, 2.75) is 6.54 Å². The molecule has 0 aliphatic carbocycles. The van der Waals surface area contributed by atoms with Crippen LogP contribution in [0.2, 0.25) is 5.02 Å². The summed E-state index contributed by atoms with van der Waals surface area (Å²) in [7, 11) is 0. The molecule has 3 heterocycles. The van der Waals surface area contributed by atoms with Crippen LogP contribution in [0.4, 0.5) is 5.82 Å². The first-order valence-electron chi connectivity index (χ1n) is 10.1. The Balaban J connectivity index is 1.55. The molecule has 0 amide bonds. The summed E-state index contributed by atoms with van der Waals surface area (Å²) < 4.78 is 8.13. The lowest BCUT2D eigenvalue weighted by molar-refractivity contribution is 0.496. The van der Waals surface area contributed by atoms with Crippen molar-refractivity contribution in [1.82, 2.24) is 9.55 Å². The third-order valence-electron chi connectivity index (χ3n) is 5.14. The molecule has 158 valence electrons. The maximum absolute atomic E-state index is 6.54. The molecule has 6 heteroatoms. The first kappa shape index (κ1) is 20.4. The summed E-state index contributed by atoms with van der Waals surface area (Å²) >= 11 is 8.11. The molecule has 3 aromatic heterocycles. The van der Waals surface area contributed by atoms with Crippen molar-refractivity contribution in [1.29, 1.82) is 0 Å². The highest BCUT2D eigenvalue weighted by molar-refractivity contribution is 7.11. The van der Waals surface area contributed by atoms with Crippen molar-refractivity contribution >= 4 is 28.8 Å². The number of anilines is 1. The molecule has 5 rings (SSSR count). The fraction of sp³-hybridized carbons (Fsp3) is 0.0385. The van der Waals surface area contributed by atoms with E-state index < -0.39 is 0 Å². The van der Waals surface area contributed by atoms with E-state index in [0.717, 1.165) is 39.0 Å². The number of thiophene rings is 1. The van der Waals surface area contributed by atoms with Gasteiger partial charge in [-0.05, 0) is 77.7 Å². The molecule has 5 aromatic rings. The molecule has 0 aliphatic heterocycles. The van der Waals surface area contributed by atoms with Crippen LogP contribution in [-0.2, 0) is 6.54 Å². The zero-order valence-corrected chi connectivity index (χ0v) is 18.7. The summed E-state index contributed by atoms with van der Waals surface area (Å²) in [5.41, 5.74) is 10.9. The van der Waals surface area contributed by atoms with Gasteiger partial charge in [-0.15, -0.1) is 11.3 Å². The molecule has 0 radical (unpaired) electrons. The van der Waals surface area contributed by atoms with E-state index in [1.165, 1.54) is 0 Å². The monoisotopic (exact) mass is 457 g/mol. The molecule has 0 saturated heterocycles. The third kappa shape index (κ3) is 4.26. The van der Waals surface area contributed by atoms with Gasteiger partial charge in [0.2, 0.25) is 0 Å². The van der Waals surface area contributed by atoms with Crippen LogP contribution in [0.3, 0.4) is 0 Å². The number of ether oxygens (including phenoxy) is 1. The van der Waals surface area contributed by atoms with Gasteiger partial charge < -0.3 is 15.0 Å². The van der Waals surface area contributed by atoms with Gasteiger partial charge in [0.05, 0.1) is 17.9 Å². The molecule has 2 N–H and O–H groups in total. The van der Waals surface area contributed by atoms with E-state index in [9.17, 15) is 0 Å². The quantitative estimate of drug-likeness (QED) is 0.290. The molecule has 0 bridgehead atoms. The molecule has 0 atom stereocenters. The van der Waals surface area contributed by atoms with Crippen LogP contribution >= 0.6 is 22.9 Å². The molecular weight excluding hydrogens is 438 g/mol. The number of rotatable bonds is 6. The number of hydrogen-bond donors (Lipinski definition) is 1. The number of benzene rings is 2. The minimum atomic E-state index is 0.505. The minimum absolute atomic E-state index is 0.505. The van der Waals surface area contributed by atoms with Crippen LogP contribution < -0.4 is 10.5 Å². The molecule has 0 saturated carbocycles. The average Bonchev–Trinajstić information content (AvgIpc) is 3.45. The van der Waals surface area contributed by atoms with Crippen LogP contribution in [0, 0.1) is 0 Å². The Bertz CT molecular complexity index is 1340. The topological polar surface area (TPSA) is 53.1 Å². The van der Waals surface area contributed by atoms with Gasteiger partial charge in [-0.25, -0.2) is 4.98 Å². The van der Waals surface area contributed by atoms with Crippen LogP contribution in [0.1, 0.15) is 5.69 Å². The van der Waals surface area contributed by atoms with Crippen LogP contribution in [0.25, 0.3) is 22.5 Å². The largest absolute Gasteiger partial charge is 0.447 e. The molecule has 2 aromatic carbocycles. The van der Waals surface area contributed by atoms with Crippen molar-refractivity contribution in [2.75, 3.05) is 5.73 Å². The van der Waals surface area contributed by atoms with Gasteiger partial charge in [0.15, 0.2) is 5.06 Å². The maximum atomic E-state index is 6.54. The molecule has 0 aliphatic rings. The maximum Gasteiger partial charge on any atom is 0.180 e. The molecule has 32 heavy (non-hydrogen) atoms. The van der Waals surface area contributed by atoms with E-state index in [2.05, 4.69) is 33.8 Å². The highest BCUT2D eigenvalue weighted by Gasteiger charge is 2.15. The molecule has 0 fully saturated rings. The SMILES string of the molecule is Nc1cccc(Cn2c(-c3ccc(Oc4cccs4)cc3)ccc2-c2ccccc2Cl)n1. The lowest BCUT2D eigenvalue weighted by Crippen LogP contribution is -2.06. The molecule has 0 unspecified atom stereocenters. The van der Waals surface area contributed by atoms with Crippen molar-refractivity contribution in [3.8, 4) is 33.3 Å².